The molecule has 0 atom stereocenters. The van der Waals surface area contributed by atoms with Crippen molar-refractivity contribution < 1.29 is 14.0 Å². The van der Waals surface area contributed by atoms with Gasteiger partial charge in [-0.15, -0.1) is 0 Å². The van der Waals surface area contributed by atoms with Crippen LogP contribution in [0.15, 0.2) is 52.2 Å². The van der Waals surface area contributed by atoms with Gasteiger partial charge in [0, 0.05) is 12.1 Å². The Hall–Kier alpha value is -2.89. The highest BCUT2D eigenvalue weighted by atomic mass is 16.3. The quantitative estimate of drug-likeness (QED) is 0.281. The summed E-state index contributed by atoms with van der Waals surface area (Å²) >= 11 is 0. The number of carbonyl (C=O) groups excluding carboxylic acids is 2. The molecule has 0 aliphatic rings. The summed E-state index contributed by atoms with van der Waals surface area (Å²) < 4.78 is 5.09. The van der Waals surface area contributed by atoms with Crippen LogP contribution in [0.25, 0.3) is 0 Å². The molecule has 0 aliphatic heterocycles. The third kappa shape index (κ3) is 8.34. The summed E-state index contributed by atoms with van der Waals surface area (Å²) in [4.78, 5) is 24.1. The van der Waals surface area contributed by atoms with E-state index in [0.717, 1.165) is 18.4 Å². The Kier molecular flexibility index (Phi) is 9.69. The largest absolute Gasteiger partial charge is 0.459 e. The molecule has 1 aromatic carbocycles. The maximum atomic E-state index is 12.1. The van der Waals surface area contributed by atoms with Gasteiger partial charge in [-0.3, -0.25) is 9.59 Å². The Morgan fingerprint density at radius 1 is 1.00 bits per heavy atom. The third-order valence-corrected chi connectivity index (χ3v) is 4.64. The number of benzene rings is 1. The molecule has 0 bridgehead atoms. The van der Waals surface area contributed by atoms with Crippen LogP contribution in [0.3, 0.4) is 0 Å². The number of anilines is 1. The van der Waals surface area contributed by atoms with Gasteiger partial charge in [-0.05, 0) is 43.2 Å². The van der Waals surface area contributed by atoms with Gasteiger partial charge < -0.3 is 9.73 Å². The molecule has 29 heavy (non-hydrogen) atoms. The summed E-state index contributed by atoms with van der Waals surface area (Å²) in [6, 6.07) is 10.6. The number of unbranched alkanes of at least 4 members (excludes halogenated alkanes) is 6. The number of furan rings is 1. The number of nitrogens with zero attached hydrogens (tertiary/aromatic N) is 1. The van der Waals surface area contributed by atoms with E-state index in [-0.39, 0.29) is 17.6 Å². The fourth-order valence-electron chi connectivity index (χ4n) is 2.93. The first-order valence-electron chi connectivity index (χ1n) is 10.4. The van der Waals surface area contributed by atoms with Crippen molar-refractivity contribution in [2.75, 3.05) is 5.32 Å². The van der Waals surface area contributed by atoms with Gasteiger partial charge in [0.25, 0.3) is 5.91 Å². The minimum atomic E-state index is -0.315. The normalized spacial score (nSPS) is 11.3. The Balaban J connectivity index is 1.77. The monoisotopic (exact) mass is 397 g/mol. The summed E-state index contributed by atoms with van der Waals surface area (Å²) in [6.07, 6.45) is 10.2. The van der Waals surface area contributed by atoms with E-state index in [1.807, 2.05) is 25.1 Å². The molecule has 156 valence electrons. The Morgan fingerprint density at radius 2 is 1.76 bits per heavy atom. The highest BCUT2D eigenvalue weighted by molar-refractivity contribution is 6.04. The first kappa shape index (κ1) is 22.4. The highest BCUT2D eigenvalue weighted by Crippen LogP contribution is 2.14. The van der Waals surface area contributed by atoms with Gasteiger partial charge in [0.05, 0.1) is 12.0 Å². The molecule has 0 spiro atoms. The van der Waals surface area contributed by atoms with E-state index >= 15 is 0 Å². The van der Waals surface area contributed by atoms with Gasteiger partial charge >= 0.3 is 0 Å². The van der Waals surface area contributed by atoms with Crippen molar-refractivity contribution in [3.8, 4) is 0 Å². The molecule has 0 fully saturated rings. The predicted octanol–water partition coefficient (Wildman–Crippen LogP) is 5.51. The molecule has 2 aromatic rings. The SMILES string of the molecule is CCCCCCCCCC(=O)N/N=C(\C)c1cccc(NC(=O)c2ccco2)c1. The molecule has 1 aromatic heterocycles. The first-order valence-corrected chi connectivity index (χ1v) is 10.4. The van der Waals surface area contributed by atoms with Crippen LogP contribution < -0.4 is 10.7 Å². The van der Waals surface area contributed by atoms with E-state index < -0.39 is 0 Å². The summed E-state index contributed by atoms with van der Waals surface area (Å²) in [5, 5.41) is 6.97. The zero-order chi connectivity index (χ0) is 20.9. The zero-order valence-electron chi connectivity index (χ0n) is 17.4. The summed E-state index contributed by atoms with van der Waals surface area (Å²) in [5.74, 6) is -0.136. The van der Waals surface area contributed by atoms with Crippen molar-refractivity contribution in [3.05, 3.63) is 54.0 Å². The Labute approximate surface area is 172 Å². The lowest BCUT2D eigenvalue weighted by molar-refractivity contribution is -0.121. The van der Waals surface area contributed by atoms with E-state index in [1.54, 1.807) is 18.2 Å². The van der Waals surface area contributed by atoms with Crippen LogP contribution in [-0.4, -0.2) is 17.5 Å². The van der Waals surface area contributed by atoms with E-state index in [0.29, 0.717) is 17.8 Å². The minimum Gasteiger partial charge on any atom is -0.459 e. The van der Waals surface area contributed by atoms with E-state index in [2.05, 4.69) is 22.8 Å². The molecule has 0 saturated carbocycles. The predicted molar refractivity (Wildman–Crippen MR) is 116 cm³/mol. The lowest BCUT2D eigenvalue weighted by Crippen LogP contribution is -2.19. The summed E-state index contributed by atoms with van der Waals surface area (Å²) in [6.45, 7) is 4.03. The maximum Gasteiger partial charge on any atom is 0.291 e. The fourth-order valence-corrected chi connectivity index (χ4v) is 2.93. The number of carbonyl (C=O) groups is 2. The second kappa shape index (κ2) is 12.5. The average molecular weight is 398 g/mol. The van der Waals surface area contributed by atoms with Crippen LogP contribution in [0.2, 0.25) is 0 Å². The molecule has 2 amide bonds. The van der Waals surface area contributed by atoms with Gasteiger partial charge in [-0.2, -0.15) is 5.10 Å². The lowest BCUT2D eigenvalue weighted by Gasteiger charge is -2.07. The summed E-state index contributed by atoms with van der Waals surface area (Å²) in [5.41, 5.74) is 4.74. The second-order valence-electron chi connectivity index (χ2n) is 7.12. The average Bonchev–Trinajstić information content (AvgIpc) is 3.26. The molecular weight excluding hydrogens is 366 g/mol. The number of hydrazone groups is 1. The van der Waals surface area contributed by atoms with Crippen LogP contribution in [-0.2, 0) is 4.79 Å². The number of hydrogen-bond donors (Lipinski definition) is 2. The van der Waals surface area contributed by atoms with Gasteiger partial charge in [0.2, 0.25) is 5.91 Å². The lowest BCUT2D eigenvalue weighted by atomic mass is 10.1. The number of amides is 2. The topological polar surface area (TPSA) is 83.7 Å². The Morgan fingerprint density at radius 3 is 2.48 bits per heavy atom. The van der Waals surface area contributed by atoms with E-state index in [1.165, 1.54) is 38.4 Å². The van der Waals surface area contributed by atoms with Gasteiger partial charge in [-0.25, -0.2) is 5.43 Å². The minimum absolute atomic E-state index is 0.0693. The molecule has 2 N–H and O–H groups in total. The molecule has 1 heterocycles. The van der Waals surface area contributed by atoms with Crippen LogP contribution in [0, 0.1) is 0 Å². The molecule has 2 rings (SSSR count). The van der Waals surface area contributed by atoms with Gasteiger partial charge in [-0.1, -0.05) is 57.6 Å². The van der Waals surface area contributed by atoms with Crippen molar-refractivity contribution in [1.29, 1.82) is 0 Å². The number of rotatable bonds is 12. The molecule has 6 heteroatoms. The standard InChI is InChI=1S/C23H31N3O3/c1-3-4-5-6-7-8-9-15-22(27)26-25-18(2)19-12-10-13-20(17-19)24-23(28)21-14-11-16-29-21/h10-14,16-17H,3-9,15H2,1-2H3,(H,24,28)(H,26,27)/b25-18+. The molecule has 6 nitrogen and oxygen atoms in total. The smallest absolute Gasteiger partial charge is 0.291 e. The number of hydrogen-bond acceptors (Lipinski definition) is 4. The van der Waals surface area contributed by atoms with Crippen LogP contribution in [0.1, 0.15) is 81.3 Å². The Bertz CT molecular complexity index is 797. The molecule has 0 unspecified atom stereocenters. The number of nitrogens with one attached hydrogen (secondary N) is 2. The first-order chi connectivity index (χ1) is 14.1. The van der Waals surface area contributed by atoms with Crippen LogP contribution >= 0.6 is 0 Å². The van der Waals surface area contributed by atoms with Crippen molar-refractivity contribution in [1.82, 2.24) is 5.43 Å². The van der Waals surface area contributed by atoms with Crippen molar-refractivity contribution in [2.45, 2.75) is 65.2 Å². The second-order valence-corrected chi connectivity index (χ2v) is 7.12. The van der Waals surface area contributed by atoms with Gasteiger partial charge in [0.1, 0.15) is 0 Å². The van der Waals surface area contributed by atoms with Crippen LogP contribution in [0.4, 0.5) is 5.69 Å². The van der Waals surface area contributed by atoms with Crippen molar-refractivity contribution >= 4 is 23.2 Å². The van der Waals surface area contributed by atoms with E-state index in [4.69, 9.17) is 4.42 Å². The maximum absolute atomic E-state index is 12.1. The van der Waals surface area contributed by atoms with Crippen molar-refractivity contribution in [2.24, 2.45) is 5.10 Å². The zero-order valence-corrected chi connectivity index (χ0v) is 17.4. The molecule has 0 radical (unpaired) electrons. The molecular formula is C23H31N3O3. The van der Waals surface area contributed by atoms with Gasteiger partial charge in [0.15, 0.2) is 5.76 Å². The van der Waals surface area contributed by atoms with Crippen molar-refractivity contribution in [3.63, 3.8) is 0 Å². The molecule has 0 saturated heterocycles. The molecule has 0 aliphatic carbocycles. The fraction of sp³-hybridized carbons (Fsp3) is 0.435. The van der Waals surface area contributed by atoms with E-state index in [9.17, 15) is 9.59 Å². The highest BCUT2D eigenvalue weighted by Gasteiger charge is 2.09. The third-order valence-electron chi connectivity index (χ3n) is 4.64. The summed E-state index contributed by atoms with van der Waals surface area (Å²) in [7, 11) is 0. The van der Waals surface area contributed by atoms with Crippen LogP contribution in [0.5, 0.6) is 0 Å².